The highest BCUT2D eigenvalue weighted by Crippen LogP contribution is 2.34. The van der Waals surface area contributed by atoms with Crippen LogP contribution in [0.25, 0.3) is 10.2 Å². The van der Waals surface area contributed by atoms with Crippen LogP contribution in [0.1, 0.15) is 34.3 Å². The van der Waals surface area contributed by atoms with Crippen LogP contribution >= 0.6 is 11.3 Å². The number of amides is 2. The fourth-order valence-corrected chi connectivity index (χ4v) is 4.45. The van der Waals surface area contributed by atoms with Crippen LogP contribution in [0.15, 0.2) is 30.5 Å². The van der Waals surface area contributed by atoms with Crippen molar-refractivity contribution in [2.45, 2.75) is 25.3 Å². The van der Waals surface area contributed by atoms with Crippen LogP contribution in [0.3, 0.4) is 0 Å². The normalized spacial score (nSPS) is 15.1. The van der Waals surface area contributed by atoms with Gasteiger partial charge in [0.15, 0.2) is 5.69 Å². The van der Waals surface area contributed by atoms with Crippen molar-refractivity contribution in [3.8, 4) is 0 Å². The van der Waals surface area contributed by atoms with E-state index in [4.69, 9.17) is 4.98 Å². The Bertz CT molecular complexity index is 970. The molecule has 4 rings (SSSR count). The number of rotatable bonds is 4. The first-order valence-electron chi connectivity index (χ1n) is 9.26. The number of hydrogen-bond acceptors (Lipinski definition) is 6. The fourth-order valence-electron chi connectivity index (χ4n) is 3.31. The average Bonchev–Trinajstić information content (AvgIpc) is 3.34. The summed E-state index contributed by atoms with van der Waals surface area (Å²) < 4.78 is 2.61. The molecule has 0 spiro atoms. The Morgan fingerprint density at radius 2 is 1.96 bits per heavy atom. The van der Waals surface area contributed by atoms with E-state index in [9.17, 15) is 9.59 Å². The summed E-state index contributed by atoms with van der Waals surface area (Å²) in [6.45, 7) is 1.42. The van der Waals surface area contributed by atoms with Gasteiger partial charge in [0.25, 0.3) is 5.91 Å². The van der Waals surface area contributed by atoms with Crippen molar-refractivity contribution >= 4 is 33.4 Å². The molecule has 1 aliphatic rings. The first kappa shape index (κ1) is 18.5. The number of carbonyl (C=O) groups excluding carboxylic acids is 2. The zero-order chi connectivity index (χ0) is 19.7. The van der Waals surface area contributed by atoms with Crippen molar-refractivity contribution in [2.24, 2.45) is 0 Å². The SMILES string of the molecule is CN(C)C(=O)Cn1cc(C(=O)N2CCC(c3nc4ccccc4s3)CC2)nn1. The highest BCUT2D eigenvalue weighted by atomic mass is 32.1. The van der Waals surface area contributed by atoms with E-state index in [1.54, 1.807) is 31.6 Å². The molecule has 0 unspecified atom stereocenters. The molecule has 0 N–H and O–H groups in total. The van der Waals surface area contributed by atoms with E-state index in [2.05, 4.69) is 16.4 Å². The number of fused-ring (bicyclic) bond motifs is 1. The van der Waals surface area contributed by atoms with Crippen LogP contribution in [0, 0.1) is 0 Å². The summed E-state index contributed by atoms with van der Waals surface area (Å²) in [4.78, 5) is 32.5. The van der Waals surface area contributed by atoms with Gasteiger partial charge in [-0.25, -0.2) is 9.67 Å². The van der Waals surface area contributed by atoms with E-state index in [-0.39, 0.29) is 24.1 Å². The molecular formula is C19H22N6O2S. The van der Waals surface area contributed by atoms with E-state index in [0.29, 0.717) is 19.0 Å². The number of hydrogen-bond donors (Lipinski definition) is 0. The van der Waals surface area contributed by atoms with Crippen molar-refractivity contribution in [3.63, 3.8) is 0 Å². The first-order chi connectivity index (χ1) is 13.5. The van der Waals surface area contributed by atoms with E-state index < -0.39 is 0 Å². The molecule has 28 heavy (non-hydrogen) atoms. The standard InChI is InChI=1S/C19H22N6O2S/c1-23(2)17(26)12-25-11-15(21-22-25)19(27)24-9-7-13(8-10-24)18-20-14-5-3-4-6-16(14)28-18/h3-6,11,13H,7-10,12H2,1-2H3. The van der Waals surface area contributed by atoms with Gasteiger partial charge in [-0.1, -0.05) is 17.3 Å². The number of thiazole rings is 1. The molecule has 3 heterocycles. The monoisotopic (exact) mass is 398 g/mol. The summed E-state index contributed by atoms with van der Waals surface area (Å²) in [5.74, 6) is 0.154. The topological polar surface area (TPSA) is 84.2 Å². The van der Waals surface area contributed by atoms with Crippen molar-refractivity contribution in [3.05, 3.63) is 41.2 Å². The largest absolute Gasteiger partial charge is 0.347 e. The number of aromatic nitrogens is 4. The molecule has 1 aromatic carbocycles. The zero-order valence-electron chi connectivity index (χ0n) is 15.9. The van der Waals surface area contributed by atoms with Gasteiger partial charge in [-0.3, -0.25) is 9.59 Å². The highest BCUT2D eigenvalue weighted by Gasteiger charge is 2.28. The molecule has 1 saturated heterocycles. The molecule has 0 aliphatic carbocycles. The third-order valence-corrected chi connectivity index (χ3v) is 6.19. The van der Waals surface area contributed by atoms with E-state index in [1.807, 2.05) is 23.1 Å². The summed E-state index contributed by atoms with van der Waals surface area (Å²) in [5, 5.41) is 9.01. The molecule has 1 fully saturated rings. The van der Waals surface area contributed by atoms with Crippen LogP contribution in [-0.2, 0) is 11.3 Å². The zero-order valence-corrected chi connectivity index (χ0v) is 16.7. The maximum Gasteiger partial charge on any atom is 0.276 e. The molecule has 8 nitrogen and oxygen atoms in total. The second kappa shape index (κ2) is 7.67. The Balaban J connectivity index is 1.37. The van der Waals surface area contributed by atoms with Crippen LogP contribution < -0.4 is 0 Å². The number of likely N-dealkylation sites (N-methyl/N-ethyl adjacent to an activating group) is 1. The smallest absolute Gasteiger partial charge is 0.276 e. The lowest BCUT2D eigenvalue weighted by Crippen LogP contribution is -2.38. The third-order valence-electron chi connectivity index (χ3n) is 5.00. The quantitative estimate of drug-likeness (QED) is 0.671. The maximum atomic E-state index is 12.7. The summed E-state index contributed by atoms with van der Waals surface area (Å²) in [6.07, 6.45) is 3.32. The van der Waals surface area contributed by atoms with Gasteiger partial charge in [-0.2, -0.15) is 0 Å². The minimum Gasteiger partial charge on any atom is -0.347 e. The second-order valence-corrected chi connectivity index (χ2v) is 8.24. The number of piperidine rings is 1. The summed E-state index contributed by atoms with van der Waals surface area (Å²) in [6, 6.07) is 8.18. The number of para-hydroxylation sites is 1. The molecule has 0 atom stereocenters. The highest BCUT2D eigenvalue weighted by molar-refractivity contribution is 7.18. The maximum absolute atomic E-state index is 12.7. The van der Waals surface area contributed by atoms with Gasteiger partial charge in [0.05, 0.1) is 21.4 Å². The molecule has 0 bridgehead atoms. The molecule has 3 aromatic rings. The molecule has 2 aromatic heterocycles. The minimum absolute atomic E-state index is 0.0763. The van der Waals surface area contributed by atoms with Crippen LogP contribution in [-0.4, -0.2) is 68.8 Å². The second-order valence-electron chi connectivity index (χ2n) is 7.18. The number of nitrogens with zero attached hydrogens (tertiary/aromatic N) is 6. The molecule has 0 saturated carbocycles. The van der Waals surface area contributed by atoms with Gasteiger partial charge in [0.1, 0.15) is 6.54 Å². The lowest BCUT2D eigenvalue weighted by molar-refractivity contribution is -0.129. The van der Waals surface area contributed by atoms with E-state index >= 15 is 0 Å². The Labute approximate surface area is 166 Å². The van der Waals surface area contributed by atoms with Crippen LogP contribution in [0.2, 0.25) is 0 Å². The summed E-state index contributed by atoms with van der Waals surface area (Å²) in [7, 11) is 3.36. The van der Waals surface area contributed by atoms with Crippen molar-refractivity contribution in [1.82, 2.24) is 29.8 Å². The van der Waals surface area contributed by atoms with Gasteiger partial charge in [0.2, 0.25) is 5.91 Å². The Morgan fingerprint density at radius 1 is 1.21 bits per heavy atom. The lowest BCUT2D eigenvalue weighted by Gasteiger charge is -2.30. The van der Waals surface area contributed by atoms with Crippen molar-refractivity contribution < 1.29 is 9.59 Å². The molecule has 9 heteroatoms. The van der Waals surface area contributed by atoms with Gasteiger partial charge in [0, 0.05) is 33.1 Å². The number of benzene rings is 1. The fraction of sp³-hybridized carbons (Fsp3) is 0.421. The van der Waals surface area contributed by atoms with E-state index in [1.165, 1.54) is 14.3 Å². The Kier molecular flexibility index (Phi) is 5.08. The van der Waals surface area contributed by atoms with E-state index in [0.717, 1.165) is 23.4 Å². The molecule has 1 aliphatic heterocycles. The van der Waals surface area contributed by atoms with Gasteiger partial charge >= 0.3 is 0 Å². The van der Waals surface area contributed by atoms with Crippen molar-refractivity contribution in [1.29, 1.82) is 0 Å². The van der Waals surface area contributed by atoms with Crippen molar-refractivity contribution in [2.75, 3.05) is 27.2 Å². The predicted molar refractivity (Wildman–Crippen MR) is 106 cm³/mol. The number of carbonyl (C=O) groups is 2. The molecule has 0 radical (unpaired) electrons. The molecular weight excluding hydrogens is 376 g/mol. The van der Waals surface area contributed by atoms with Crippen LogP contribution in [0.4, 0.5) is 0 Å². The lowest BCUT2D eigenvalue weighted by atomic mass is 9.97. The number of likely N-dealkylation sites (tertiary alicyclic amines) is 1. The predicted octanol–water partition coefficient (Wildman–Crippen LogP) is 2.00. The van der Waals surface area contributed by atoms with Crippen LogP contribution in [0.5, 0.6) is 0 Å². The molecule has 2 amide bonds. The average molecular weight is 398 g/mol. The summed E-state index contributed by atoms with van der Waals surface area (Å²) in [5.41, 5.74) is 1.33. The Hall–Kier alpha value is -2.81. The van der Waals surface area contributed by atoms with Gasteiger partial charge < -0.3 is 9.80 Å². The first-order valence-corrected chi connectivity index (χ1v) is 10.1. The van der Waals surface area contributed by atoms with Gasteiger partial charge in [-0.15, -0.1) is 16.4 Å². The summed E-state index contributed by atoms with van der Waals surface area (Å²) >= 11 is 1.74. The molecule has 146 valence electrons. The van der Waals surface area contributed by atoms with Gasteiger partial charge in [-0.05, 0) is 25.0 Å². The third kappa shape index (κ3) is 3.75. The minimum atomic E-state index is -0.133. The Morgan fingerprint density at radius 3 is 2.68 bits per heavy atom.